The van der Waals surface area contributed by atoms with Gasteiger partial charge in [0.25, 0.3) is 0 Å². The molecule has 1 aromatic carbocycles. The number of nitrogens with zero attached hydrogens (tertiary/aromatic N) is 3. The van der Waals surface area contributed by atoms with E-state index in [4.69, 9.17) is 11.6 Å². The van der Waals surface area contributed by atoms with E-state index in [-0.39, 0.29) is 41.6 Å². The Labute approximate surface area is 177 Å². The Morgan fingerprint density at radius 3 is 2.37 bits per heavy atom. The Hall–Kier alpha value is -2.11. The normalized spacial score (nSPS) is 12.4. The number of aromatic nitrogens is 2. The summed E-state index contributed by atoms with van der Waals surface area (Å²) in [6.45, 7) is 6.66. The summed E-state index contributed by atoms with van der Waals surface area (Å²) in [5, 5.41) is 6.00. The number of carbonyl (C=O) groups excluding carboxylic acids is 1. The maximum atomic E-state index is 13.0. The van der Waals surface area contributed by atoms with Gasteiger partial charge in [0.2, 0.25) is 15.9 Å². The first-order valence-corrected chi connectivity index (χ1v) is 10.8. The maximum Gasteiger partial charge on any atom is 0.417 e. The number of hydrogen-bond donors (Lipinski definition) is 1. The van der Waals surface area contributed by atoms with Gasteiger partial charge in [-0.25, -0.2) is 8.42 Å². The van der Waals surface area contributed by atoms with E-state index in [9.17, 15) is 26.4 Å². The van der Waals surface area contributed by atoms with Gasteiger partial charge in [-0.2, -0.15) is 22.6 Å². The number of halogens is 4. The first-order chi connectivity index (χ1) is 13.8. The van der Waals surface area contributed by atoms with Crippen LogP contribution < -0.4 is 5.32 Å². The summed E-state index contributed by atoms with van der Waals surface area (Å²) >= 11 is 5.57. The van der Waals surface area contributed by atoms with Gasteiger partial charge in [-0.15, -0.1) is 0 Å². The highest BCUT2D eigenvalue weighted by Gasteiger charge is 2.33. The molecule has 1 heterocycles. The standard InChI is InChI=1S/C18H22ClF3N4O3S/c1-5-25(6-2)30(28,29)17-11(3)24-26(12(17)4)10-16(27)23-13-7-8-15(19)14(9-13)18(20,21)22/h7-9H,5-6,10H2,1-4H3,(H,23,27). The second kappa shape index (κ2) is 8.94. The lowest BCUT2D eigenvalue weighted by Crippen LogP contribution is -2.31. The Morgan fingerprint density at radius 2 is 1.83 bits per heavy atom. The van der Waals surface area contributed by atoms with Gasteiger partial charge in [0.05, 0.1) is 22.0 Å². The number of alkyl halides is 3. The molecule has 0 saturated carbocycles. The Balaban J connectivity index is 2.27. The van der Waals surface area contributed by atoms with Crippen molar-refractivity contribution >= 4 is 33.2 Å². The first-order valence-electron chi connectivity index (χ1n) is 9.03. The second-order valence-corrected chi connectivity index (χ2v) is 8.77. The van der Waals surface area contributed by atoms with Gasteiger partial charge >= 0.3 is 6.18 Å². The number of benzene rings is 1. The minimum absolute atomic E-state index is 0.0184. The molecule has 0 aliphatic heterocycles. The number of nitrogens with one attached hydrogen (secondary N) is 1. The summed E-state index contributed by atoms with van der Waals surface area (Å²) < 4.78 is 67.1. The Morgan fingerprint density at radius 1 is 1.23 bits per heavy atom. The van der Waals surface area contributed by atoms with Crippen LogP contribution in [0.5, 0.6) is 0 Å². The van der Waals surface area contributed by atoms with Crippen molar-refractivity contribution in [1.29, 1.82) is 0 Å². The number of amides is 1. The van der Waals surface area contributed by atoms with Crippen LogP contribution in [0.3, 0.4) is 0 Å². The molecular weight excluding hydrogens is 445 g/mol. The Kier molecular flexibility index (Phi) is 7.20. The molecule has 0 fully saturated rings. The number of carbonyl (C=O) groups is 1. The number of sulfonamides is 1. The summed E-state index contributed by atoms with van der Waals surface area (Å²) in [5.41, 5.74) is -0.658. The minimum Gasteiger partial charge on any atom is -0.324 e. The van der Waals surface area contributed by atoms with Crippen LogP contribution in [-0.2, 0) is 27.5 Å². The van der Waals surface area contributed by atoms with Crippen molar-refractivity contribution in [2.45, 2.75) is 45.3 Å². The van der Waals surface area contributed by atoms with E-state index in [0.717, 1.165) is 12.1 Å². The lowest BCUT2D eigenvalue weighted by molar-refractivity contribution is -0.137. The zero-order valence-electron chi connectivity index (χ0n) is 16.8. The fraction of sp³-hybridized carbons (Fsp3) is 0.444. The first kappa shape index (κ1) is 24.2. The molecule has 30 heavy (non-hydrogen) atoms. The molecule has 0 saturated heterocycles. The second-order valence-electron chi connectivity index (χ2n) is 6.49. The molecule has 0 aliphatic rings. The van der Waals surface area contributed by atoms with E-state index in [1.807, 2.05) is 0 Å². The van der Waals surface area contributed by atoms with Gasteiger partial charge in [0.15, 0.2) is 0 Å². The third kappa shape index (κ3) is 4.96. The van der Waals surface area contributed by atoms with Crippen molar-refractivity contribution in [3.8, 4) is 0 Å². The van der Waals surface area contributed by atoms with Crippen molar-refractivity contribution in [3.05, 3.63) is 40.2 Å². The van der Waals surface area contributed by atoms with Gasteiger partial charge < -0.3 is 5.32 Å². The monoisotopic (exact) mass is 466 g/mol. The molecule has 2 rings (SSSR count). The van der Waals surface area contributed by atoms with Crippen LogP contribution in [0.25, 0.3) is 0 Å². The molecule has 1 amide bonds. The molecule has 7 nitrogen and oxygen atoms in total. The fourth-order valence-electron chi connectivity index (χ4n) is 3.06. The third-order valence-corrected chi connectivity index (χ3v) is 7.10. The molecule has 166 valence electrons. The molecular formula is C18H22ClF3N4O3S. The zero-order chi connectivity index (χ0) is 22.9. The highest BCUT2D eigenvalue weighted by molar-refractivity contribution is 7.89. The molecule has 2 aromatic rings. The molecule has 1 N–H and O–H groups in total. The highest BCUT2D eigenvalue weighted by Crippen LogP contribution is 2.36. The van der Waals surface area contributed by atoms with E-state index < -0.39 is 32.7 Å². The molecule has 0 atom stereocenters. The fourth-order valence-corrected chi connectivity index (χ4v) is 5.11. The summed E-state index contributed by atoms with van der Waals surface area (Å²) in [4.78, 5) is 12.4. The van der Waals surface area contributed by atoms with E-state index in [1.165, 1.54) is 28.9 Å². The SMILES string of the molecule is CCN(CC)S(=O)(=O)c1c(C)nn(CC(=O)Nc2ccc(Cl)c(C(F)(F)F)c2)c1C. The number of anilines is 1. The largest absolute Gasteiger partial charge is 0.417 e. The van der Waals surface area contributed by atoms with Crippen LogP contribution in [-0.4, -0.2) is 41.5 Å². The van der Waals surface area contributed by atoms with E-state index in [1.54, 1.807) is 13.8 Å². The van der Waals surface area contributed by atoms with Crippen LogP contribution in [0.15, 0.2) is 23.1 Å². The Bertz CT molecular complexity index is 1050. The van der Waals surface area contributed by atoms with Crippen LogP contribution in [0.1, 0.15) is 30.8 Å². The molecule has 0 spiro atoms. The van der Waals surface area contributed by atoms with Gasteiger partial charge in [-0.3, -0.25) is 9.48 Å². The third-order valence-electron chi connectivity index (χ3n) is 4.47. The molecule has 1 aromatic heterocycles. The van der Waals surface area contributed by atoms with Crippen LogP contribution >= 0.6 is 11.6 Å². The minimum atomic E-state index is -4.67. The topological polar surface area (TPSA) is 84.3 Å². The van der Waals surface area contributed by atoms with Gasteiger partial charge in [-0.1, -0.05) is 25.4 Å². The summed E-state index contributed by atoms with van der Waals surface area (Å²) in [6, 6.07) is 3.02. The summed E-state index contributed by atoms with van der Waals surface area (Å²) in [7, 11) is -3.78. The van der Waals surface area contributed by atoms with Gasteiger partial charge in [-0.05, 0) is 32.0 Å². The van der Waals surface area contributed by atoms with E-state index in [2.05, 4.69) is 10.4 Å². The van der Waals surface area contributed by atoms with Crippen molar-refractivity contribution in [1.82, 2.24) is 14.1 Å². The quantitative estimate of drug-likeness (QED) is 0.672. The summed E-state index contributed by atoms with van der Waals surface area (Å²) in [6.07, 6.45) is -4.67. The maximum absolute atomic E-state index is 13.0. The molecule has 0 bridgehead atoms. The van der Waals surface area contributed by atoms with Crippen molar-refractivity contribution < 1.29 is 26.4 Å². The van der Waals surface area contributed by atoms with Crippen molar-refractivity contribution in [2.24, 2.45) is 0 Å². The van der Waals surface area contributed by atoms with Gasteiger partial charge in [0.1, 0.15) is 11.4 Å². The predicted molar refractivity (Wildman–Crippen MR) is 107 cm³/mol. The van der Waals surface area contributed by atoms with Gasteiger partial charge in [0, 0.05) is 18.8 Å². The van der Waals surface area contributed by atoms with Crippen LogP contribution in [0.2, 0.25) is 5.02 Å². The summed E-state index contributed by atoms with van der Waals surface area (Å²) in [5.74, 6) is -0.664. The van der Waals surface area contributed by atoms with E-state index >= 15 is 0 Å². The zero-order valence-corrected chi connectivity index (χ0v) is 18.4. The van der Waals surface area contributed by atoms with Crippen LogP contribution in [0, 0.1) is 13.8 Å². The molecule has 12 heteroatoms. The average Bonchev–Trinajstić information content (AvgIpc) is 2.90. The molecule has 0 radical (unpaired) electrons. The number of rotatable bonds is 7. The molecule has 0 aliphatic carbocycles. The lowest BCUT2D eigenvalue weighted by Gasteiger charge is -2.18. The van der Waals surface area contributed by atoms with Crippen molar-refractivity contribution in [3.63, 3.8) is 0 Å². The van der Waals surface area contributed by atoms with Crippen LogP contribution in [0.4, 0.5) is 18.9 Å². The lowest BCUT2D eigenvalue weighted by atomic mass is 10.2. The predicted octanol–water partition coefficient (Wildman–Crippen LogP) is 3.84. The number of aryl methyl sites for hydroxylation is 1. The molecule has 0 unspecified atom stereocenters. The average molecular weight is 467 g/mol. The number of hydrogen-bond acceptors (Lipinski definition) is 4. The van der Waals surface area contributed by atoms with Crippen molar-refractivity contribution in [2.75, 3.05) is 18.4 Å². The smallest absolute Gasteiger partial charge is 0.324 e. The van der Waals surface area contributed by atoms with E-state index in [0.29, 0.717) is 0 Å². The highest BCUT2D eigenvalue weighted by atomic mass is 35.5.